The molecule has 0 radical (unpaired) electrons. The molecule has 2 N–H and O–H groups in total. The molecule has 5 heteroatoms. The van der Waals surface area contributed by atoms with Crippen LogP contribution in [0.1, 0.15) is 5.56 Å². The minimum Gasteiger partial charge on any atom is -0.493 e. The van der Waals surface area contributed by atoms with Crippen molar-refractivity contribution < 1.29 is 9.47 Å². The summed E-state index contributed by atoms with van der Waals surface area (Å²) in [5, 5.41) is 4.64. The molecular formula is C18H19ClN2O2. The molecule has 2 aromatic carbocycles. The zero-order chi connectivity index (χ0) is 16.2. The summed E-state index contributed by atoms with van der Waals surface area (Å²) in [4.78, 5) is 3.22. The average Bonchev–Trinajstić information content (AvgIpc) is 3.05. The first-order chi connectivity index (χ1) is 11.2. The number of methoxy groups -OCH3 is 1. The second-order valence-corrected chi connectivity index (χ2v) is 5.55. The fourth-order valence-electron chi connectivity index (χ4n) is 2.63. The summed E-state index contributed by atoms with van der Waals surface area (Å²) in [6.07, 6.45) is 1.95. The average molecular weight is 331 g/mol. The third-order valence-corrected chi connectivity index (χ3v) is 3.95. The van der Waals surface area contributed by atoms with Gasteiger partial charge in [0.05, 0.1) is 18.7 Å². The molecule has 0 saturated heterocycles. The number of hydrogen-bond acceptors (Lipinski definition) is 3. The second-order valence-electron chi connectivity index (χ2n) is 5.18. The van der Waals surface area contributed by atoms with Gasteiger partial charge in [-0.3, -0.25) is 0 Å². The second kappa shape index (κ2) is 6.84. The highest BCUT2D eigenvalue weighted by atomic mass is 35.5. The van der Waals surface area contributed by atoms with Gasteiger partial charge in [0.15, 0.2) is 11.5 Å². The fourth-order valence-corrected chi connectivity index (χ4v) is 2.71. The third-order valence-electron chi connectivity index (χ3n) is 3.80. The number of fused-ring (bicyclic) bond motifs is 1. The van der Waals surface area contributed by atoms with Crippen LogP contribution in [0, 0.1) is 6.92 Å². The van der Waals surface area contributed by atoms with E-state index < -0.39 is 0 Å². The standard InChI is InChI=1S/C18H19ClN2O2/c1-12-13-8-10-20-15(13)7-6-14(12)21-16-4-3-5-17(22-2)18(16)23-11-9-19/h3-8,10,20-21H,9,11H2,1-2H3. The Labute approximate surface area is 140 Å². The molecule has 4 nitrogen and oxygen atoms in total. The smallest absolute Gasteiger partial charge is 0.184 e. The molecule has 1 aromatic heterocycles. The maximum atomic E-state index is 5.77. The van der Waals surface area contributed by atoms with E-state index in [9.17, 15) is 0 Å². The van der Waals surface area contributed by atoms with Crippen LogP contribution in [0.4, 0.5) is 11.4 Å². The Kier molecular flexibility index (Phi) is 4.63. The third kappa shape index (κ3) is 3.08. The Bertz CT molecular complexity index is 814. The summed E-state index contributed by atoms with van der Waals surface area (Å²) >= 11 is 5.75. The van der Waals surface area contributed by atoms with E-state index in [0.717, 1.165) is 16.9 Å². The lowest BCUT2D eigenvalue weighted by Crippen LogP contribution is -2.04. The number of nitrogens with one attached hydrogen (secondary N) is 2. The van der Waals surface area contributed by atoms with Gasteiger partial charge in [0.2, 0.25) is 0 Å². The van der Waals surface area contributed by atoms with E-state index in [1.165, 1.54) is 10.9 Å². The van der Waals surface area contributed by atoms with Gasteiger partial charge in [-0.1, -0.05) is 6.07 Å². The van der Waals surface area contributed by atoms with E-state index in [0.29, 0.717) is 24.0 Å². The lowest BCUT2D eigenvalue weighted by atomic mass is 10.1. The van der Waals surface area contributed by atoms with Crippen molar-refractivity contribution in [1.82, 2.24) is 4.98 Å². The monoisotopic (exact) mass is 330 g/mol. The molecule has 1 heterocycles. The van der Waals surface area contributed by atoms with Gasteiger partial charge in [-0.05, 0) is 42.8 Å². The first-order valence-electron chi connectivity index (χ1n) is 7.44. The van der Waals surface area contributed by atoms with Gasteiger partial charge in [0.25, 0.3) is 0 Å². The molecule has 0 aliphatic heterocycles. The molecule has 3 rings (SSSR count). The van der Waals surface area contributed by atoms with E-state index in [2.05, 4.69) is 35.4 Å². The maximum Gasteiger partial charge on any atom is 0.184 e. The van der Waals surface area contributed by atoms with Crippen molar-refractivity contribution in [2.45, 2.75) is 6.92 Å². The van der Waals surface area contributed by atoms with Crippen LogP contribution in [0.5, 0.6) is 11.5 Å². The lowest BCUT2D eigenvalue weighted by Gasteiger charge is -2.17. The molecule has 0 amide bonds. The Morgan fingerprint density at radius 1 is 1.13 bits per heavy atom. The zero-order valence-electron chi connectivity index (χ0n) is 13.2. The molecule has 0 aliphatic rings. The quantitative estimate of drug-likeness (QED) is 0.635. The van der Waals surface area contributed by atoms with E-state index >= 15 is 0 Å². The molecule has 0 bridgehead atoms. The van der Waals surface area contributed by atoms with Crippen molar-refractivity contribution in [2.24, 2.45) is 0 Å². The van der Waals surface area contributed by atoms with Crippen LogP contribution in [-0.4, -0.2) is 24.6 Å². The zero-order valence-corrected chi connectivity index (χ0v) is 13.9. The number of rotatable bonds is 6. The van der Waals surface area contributed by atoms with Gasteiger partial charge < -0.3 is 19.8 Å². The van der Waals surface area contributed by atoms with Crippen molar-refractivity contribution >= 4 is 33.9 Å². The number of alkyl halides is 1. The van der Waals surface area contributed by atoms with E-state index in [1.54, 1.807) is 7.11 Å². The van der Waals surface area contributed by atoms with Gasteiger partial charge in [0, 0.05) is 22.8 Å². The summed E-state index contributed by atoms with van der Waals surface area (Å²) in [5.41, 5.74) is 4.18. The maximum absolute atomic E-state index is 5.77. The number of aromatic nitrogens is 1. The van der Waals surface area contributed by atoms with Crippen molar-refractivity contribution in [3.8, 4) is 11.5 Å². The summed E-state index contributed by atoms with van der Waals surface area (Å²) in [5.74, 6) is 1.77. The van der Waals surface area contributed by atoms with Crippen molar-refractivity contribution in [2.75, 3.05) is 24.9 Å². The fraction of sp³-hybridized carbons (Fsp3) is 0.222. The van der Waals surface area contributed by atoms with E-state index in [4.69, 9.17) is 21.1 Å². The van der Waals surface area contributed by atoms with Crippen LogP contribution >= 0.6 is 11.6 Å². The Balaban J connectivity index is 1.99. The number of para-hydroxylation sites is 1. The number of benzene rings is 2. The molecule has 0 unspecified atom stereocenters. The molecule has 120 valence electrons. The van der Waals surface area contributed by atoms with Gasteiger partial charge >= 0.3 is 0 Å². The number of anilines is 2. The number of aryl methyl sites for hydroxylation is 1. The van der Waals surface area contributed by atoms with Crippen LogP contribution in [0.25, 0.3) is 10.9 Å². The molecule has 0 spiro atoms. The number of aromatic amines is 1. The number of halogens is 1. The van der Waals surface area contributed by atoms with Crippen LogP contribution in [-0.2, 0) is 0 Å². The summed E-state index contributed by atoms with van der Waals surface area (Å²) in [7, 11) is 1.63. The molecule has 0 atom stereocenters. The highest BCUT2D eigenvalue weighted by Crippen LogP contribution is 2.38. The van der Waals surface area contributed by atoms with Gasteiger partial charge in [0.1, 0.15) is 6.61 Å². The largest absolute Gasteiger partial charge is 0.493 e. The number of hydrogen-bond donors (Lipinski definition) is 2. The van der Waals surface area contributed by atoms with Gasteiger partial charge in [-0.15, -0.1) is 11.6 Å². The topological polar surface area (TPSA) is 46.3 Å². The van der Waals surface area contributed by atoms with Gasteiger partial charge in [-0.25, -0.2) is 0 Å². The Morgan fingerprint density at radius 2 is 2.00 bits per heavy atom. The minimum atomic E-state index is 0.422. The van der Waals surface area contributed by atoms with Crippen molar-refractivity contribution in [3.63, 3.8) is 0 Å². The predicted molar refractivity (Wildman–Crippen MR) is 95.5 cm³/mol. The Hall–Kier alpha value is -2.33. The highest BCUT2D eigenvalue weighted by Gasteiger charge is 2.12. The molecule has 0 saturated carbocycles. The SMILES string of the molecule is COc1cccc(Nc2ccc3[nH]ccc3c2C)c1OCCCl. The number of ether oxygens (including phenoxy) is 2. The van der Waals surface area contributed by atoms with Crippen LogP contribution in [0.15, 0.2) is 42.6 Å². The summed E-state index contributed by atoms with van der Waals surface area (Å²) in [6.45, 7) is 2.52. The minimum absolute atomic E-state index is 0.422. The highest BCUT2D eigenvalue weighted by molar-refractivity contribution is 6.18. The van der Waals surface area contributed by atoms with Crippen LogP contribution in [0.3, 0.4) is 0 Å². The summed E-state index contributed by atoms with van der Waals surface area (Å²) in [6, 6.07) is 12.0. The lowest BCUT2D eigenvalue weighted by molar-refractivity contribution is 0.314. The first kappa shape index (κ1) is 15.6. The molecule has 3 aromatic rings. The van der Waals surface area contributed by atoms with Gasteiger partial charge in [-0.2, -0.15) is 0 Å². The van der Waals surface area contributed by atoms with Crippen LogP contribution in [0.2, 0.25) is 0 Å². The number of H-pyrrole nitrogens is 1. The molecule has 23 heavy (non-hydrogen) atoms. The summed E-state index contributed by atoms with van der Waals surface area (Å²) < 4.78 is 11.2. The predicted octanol–water partition coefficient (Wildman–Crippen LogP) is 4.85. The first-order valence-corrected chi connectivity index (χ1v) is 7.97. The van der Waals surface area contributed by atoms with Crippen molar-refractivity contribution in [3.05, 3.63) is 48.2 Å². The molecule has 0 aliphatic carbocycles. The van der Waals surface area contributed by atoms with E-state index in [1.807, 2.05) is 24.4 Å². The van der Waals surface area contributed by atoms with Crippen molar-refractivity contribution in [1.29, 1.82) is 0 Å². The van der Waals surface area contributed by atoms with Crippen LogP contribution < -0.4 is 14.8 Å². The molecule has 0 fully saturated rings. The molecular weight excluding hydrogens is 312 g/mol. The normalized spacial score (nSPS) is 10.7. The van der Waals surface area contributed by atoms with E-state index in [-0.39, 0.29) is 0 Å². The Morgan fingerprint density at radius 3 is 2.78 bits per heavy atom.